The molecule has 20 heavy (non-hydrogen) atoms. The summed E-state index contributed by atoms with van der Waals surface area (Å²) < 4.78 is 2.02. The van der Waals surface area contributed by atoms with Crippen molar-refractivity contribution in [3.05, 3.63) is 18.6 Å². The Bertz CT molecular complexity index is 597. The maximum absolute atomic E-state index is 4.70. The van der Waals surface area contributed by atoms with Gasteiger partial charge < -0.3 is 15.0 Å². The van der Waals surface area contributed by atoms with Crippen molar-refractivity contribution in [1.29, 1.82) is 0 Å². The number of hydrogen-bond donors (Lipinski definition) is 2. The number of hydrogen-bond acceptors (Lipinski definition) is 4. The van der Waals surface area contributed by atoms with Crippen molar-refractivity contribution in [1.82, 2.24) is 14.4 Å². The quantitative estimate of drug-likeness (QED) is 0.849. The van der Waals surface area contributed by atoms with Crippen molar-refractivity contribution in [2.75, 3.05) is 17.2 Å². The molecule has 0 aliphatic heterocycles. The normalized spacial score (nSPS) is 15.6. The maximum Gasteiger partial charge on any atom is 0.180 e. The zero-order valence-corrected chi connectivity index (χ0v) is 12.5. The summed E-state index contributed by atoms with van der Waals surface area (Å²) in [4.78, 5) is 9.11. The number of imidazole rings is 1. The first-order chi connectivity index (χ1) is 9.60. The topological polar surface area (TPSA) is 54.2 Å². The van der Waals surface area contributed by atoms with Crippen molar-refractivity contribution in [3.8, 4) is 0 Å². The number of anilines is 2. The lowest BCUT2D eigenvalue weighted by atomic mass is 9.99. The SMILES string of the molecule is CCCNc1cn2ccnc2c(NC(C)(C)C2CC2)n1. The predicted octanol–water partition coefficient (Wildman–Crippen LogP) is 3.15. The third-order valence-electron chi connectivity index (χ3n) is 3.97. The highest BCUT2D eigenvalue weighted by Crippen LogP contribution is 2.41. The average Bonchev–Trinajstić information content (AvgIpc) is 3.16. The van der Waals surface area contributed by atoms with E-state index >= 15 is 0 Å². The summed E-state index contributed by atoms with van der Waals surface area (Å²) >= 11 is 0. The smallest absolute Gasteiger partial charge is 0.180 e. The Morgan fingerprint density at radius 3 is 2.90 bits per heavy atom. The molecule has 0 radical (unpaired) electrons. The lowest BCUT2D eigenvalue weighted by Crippen LogP contribution is -2.34. The molecule has 3 rings (SSSR count). The van der Waals surface area contributed by atoms with Crippen LogP contribution < -0.4 is 10.6 Å². The molecule has 1 saturated carbocycles. The minimum absolute atomic E-state index is 0.0722. The highest BCUT2D eigenvalue weighted by molar-refractivity contribution is 5.66. The van der Waals surface area contributed by atoms with Crippen LogP contribution in [0.1, 0.15) is 40.0 Å². The summed E-state index contributed by atoms with van der Waals surface area (Å²) in [5, 5.41) is 6.94. The van der Waals surface area contributed by atoms with Crippen LogP contribution in [0.5, 0.6) is 0 Å². The molecular weight excluding hydrogens is 250 g/mol. The Morgan fingerprint density at radius 2 is 2.20 bits per heavy atom. The van der Waals surface area contributed by atoms with Crippen LogP contribution in [0, 0.1) is 5.92 Å². The number of aromatic nitrogens is 3. The van der Waals surface area contributed by atoms with Crippen LogP contribution in [0.2, 0.25) is 0 Å². The van der Waals surface area contributed by atoms with Crippen LogP contribution in [0.25, 0.3) is 5.65 Å². The standard InChI is InChI=1S/C15H23N5/c1-4-7-16-12-10-20-9-8-17-14(20)13(18-12)19-15(2,3)11-5-6-11/h8-11,16H,4-7H2,1-3H3,(H,18,19). The molecule has 1 fully saturated rings. The molecule has 2 aromatic rings. The van der Waals surface area contributed by atoms with Crippen LogP contribution in [-0.2, 0) is 0 Å². The first-order valence-electron chi connectivity index (χ1n) is 7.46. The van der Waals surface area contributed by atoms with E-state index in [2.05, 4.69) is 36.4 Å². The molecule has 5 nitrogen and oxygen atoms in total. The van der Waals surface area contributed by atoms with Crippen molar-refractivity contribution >= 4 is 17.3 Å². The van der Waals surface area contributed by atoms with E-state index in [1.54, 1.807) is 0 Å². The predicted molar refractivity (Wildman–Crippen MR) is 82.2 cm³/mol. The van der Waals surface area contributed by atoms with Gasteiger partial charge in [-0.1, -0.05) is 6.92 Å². The van der Waals surface area contributed by atoms with E-state index in [1.165, 1.54) is 12.8 Å². The molecule has 2 heterocycles. The lowest BCUT2D eigenvalue weighted by Gasteiger charge is -2.27. The summed E-state index contributed by atoms with van der Waals surface area (Å²) in [6.45, 7) is 7.58. The second-order valence-electron chi connectivity index (χ2n) is 6.18. The van der Waals surface area contributed by atoms with Crippen LogP contribution in [-0.4, -0.2) is 26.5 Å². The summed E-state index contributed by atoms with van der Waals surface area (Å²) in [5.41, 5.74) is 0.962. The molecule has 5 heteroatoms. The molecule has 0 bridgehead atoms. The summed E-state index contributed by atoms with van der Waals surface area (Å²) in [5.74, 6) is 2.51. The molecule has 0 spiro atoms. The number of fused-ring (bicyclic) bond motifs is 1. The Hall–Kier alpha value is -1.78. The van der Waals surface area contributed by atoms with Gasteiger partial charge in [0.2, 0.25) is 0 Å². The van der Waals surface area contributed by atoms with E-state index in [0.717, 1.165) is 36.2 Å². The fourth-order valence-electron chi connectivity index (χ4n) is 2.57. The molecular formula is C15H23N5. The minimum atomic E-state index is 0.0722. The van der Waals surface area contributed by atoms with Gasteiger partial charge >= 0.3 is 0 Å². The summed E-state index contributed by atoms with van der Waals surface area (Å²) in [6.07, 6.45) is 9.46. The van der Waals surface area contributed by atoms with Gasteiger partial charge in [0.05, 0.1) is 6.20 Å². The van der Waals surface area contributed by atoms with Gasteiger partial charge in [-0.3, -0.25) is 0 Å². The van der Waals surface area contributed by atoms with E-state index in [4.69, 9.17) is 4.98 Å². The van der Waals surface area contributed by atoms with Crippen molar-refractivity contribution in [2.45, 2.75) is 45.6 Å². The second kappa shape index (κ2) is 4.96. The highest BCUT2D eigenvalue weighted by Gasteiger charge is 2.38. The second-order valence-corrected chi connectivity index (χ2v) is 6.18. The van der Waals surface area contributed by atoms with Gasteiger partial charge in [0.1, 0.15) is 5.82 Å². The van der Waals surface area contributed by atoms with Gasteiger partial charge in [0, 0.05) is 24.5 Å². The molecule has 108 valence electrons. The number of nitrogens with one attached hydrogen (secondary N) is 2. The van der Waals surface area contributed by atoms with E-state index < -0.39 is 0 Å². The monoisotopic (exact) mass is 273 g/mol. The molecule has 0 unspecified atom stereocenters. The van der Waals surface area contributed by atoms with Crippen molar-refractivity contribution in [2.24, 2.45) is 5.92 Å². The van der Waals surface area contributed by atoms with E-state index in [-0.39, 0.29) is 5.54 Å². The fraction of sp³-hybridized carbons (Fsp3) is 0.600. The van der Waals surface area contributed by atoms with Gasteiger partial charge in [0.15, 0.2) is 11.5 Å². The van der Waals surface area contributed by atoms with Gasteiger partial charge in [-0.15, -0.1) is 0 Å². The van der Waals surface area contributed by atoms with Crippen LogP contribution in [0.3, 0.4) is 0 Å². The first kappa shape index (κ1) is 13.2. The number of rotatable bonds is 6. The van der Waals surface area contributed by atoms with Gasteiger partial charge in [0.25, 0.3) is 0 Å². The summed E-state index contributed by atoms with van der Waals surface area (Å²) in [7, 11) is 0. The molecule has 0 amide bonds. The third kappa shape index (κ3) is 2.57. The maximum atomic E-state index is 4.70. The van der Waals surface area contributed by atoms with E-state index in [9.17, 15) is 0 Å². The molecule has 2 N–H and O–H groups in total. The van der Waals surface area contributed by atoms with Crippen LogP contribution in [0.15, 0.2) is 18.6 Å². The van der Waals surface area contributed by atoms with E-state index in [1.807, 2.05) is 23.0 Å². The molecule has 0 aromatic carbocycles. The Balaban J connectivity index is 1.92. The van der Waals surface area contributed by atoms with Crippen LogP contribution >= 0.6 is 0 Å². The fourth-order valence-corrected chi connectivity index (χ4v) is 2.57. The van der Waals surface area contributed by atoms with Crippen molar-refractivity contribution in [3.63, 3.8) is 0 Å². The average molecular weight is 273 g/mol. The molecule has 0 saturated heterocycles. The zero-order valence-electron chi connectivity index (χ0n) is 12.5. The van der Waals surface area contributed by atoms with Crippen molar-refractivity contribution < 1.29 is 0 Å². The summed E-state index contributed by atoms with van der Waals surface area (Å²) in [6, 6.07) is 0. The third-order valence-corrected chi connectivity index (χ3v) is 3.97. The highest BCUT2D eigenvalue weighted by atomic mass is 15.2. The molecule has 2 aromatic heterocycles. The Morgan fingerprint density at radius 1 is 1.40 bits per heavy atom. The van der Waals surface area contributed by atoms with Gasteiger partial charge in [-0.25, -0.2) is 9.97 Å². The van der Waals surface area contributed by atoms with E-state index in [0.29, 0.717) is 0 Å². The number of nitrogens with zero attached hydrogens (tertiary/aromatic N) is 3. The van der Waals surface area contributed by atoms with Gasteiger partial charge in [-0.05, 0) is 39.0 Å². The lowest BCUT2D eigenvalue weighted by molar-refractivity contribution is 0.493. The molecule has 0 atom stereocenters. The Labute approximate surface area is 119 Å². The minimum Gasteiger partial charge on any atom is -0.369 e. The molecule has 1 aliphatic carbocycles. The first-order valence-corrected chi connectivity index (χ1v) is 7.46. The molecule has 1 aliphatic rings. The van der Waals surface area contributed by atoms with Crippen LogP contribution in [0.4, 0.5) is 11.6 Å². The Kier molecular flexibility index (Phi) is 3.28. The largest absolute Gasteiger partial charge is 0.369 e. The van der Waals surface area contributed by atoms with Gasteiger partial charge in [-0.2, -0.15) is 0 Å². The zero-order chi connectivity index (χ0) is 14.2.